The van der Waals surface area contributed by atoms with Gasteiger partial charge in [-0.2, -0.15) is 5.10 Å². The first-order valence-corrected chi connectivity index (χ1v) is 9.61. The van der Waals surface area contributed by atoms with E-state index in [1.165, 1.54) is 29.8 Å². The van der Waals surface area contributed by atoms with E-state index in [2.05, 4.69) is 15.8 Å². The predicted molar refractivity (Wildman–Crippen MR) is 117 cm³/mol. The number of benzene rings is 3. The molecule has 0 heterocycles. The maximum Gasteiger partial charge on any atom is 0.329 e. The van der Waals surface area contributed by atoms with Crippen LogP contribution in [0.3, 0.4) is 0 Å². The molecule has 3 rings (SSSR count). The molecule has 6 nitrogen and oxygen atoms in total. The highest BCUT2D eigenvalue weighted by molar-refractivity contribution is 6.39. The number of amides is 2. The van der Waals surface area contributed by atoms with E-state index >= 15 is 0 Å². The Balaban J connectivity index is 1.53. The van der Waals surface area contributed by atoms with Crippen LogP contribution in [-0.4, -0.2) is 17.5 Å². The summed E-state index contributed by atoms with van der Waals surface area (Å²) in [4.78, 5) is 23.8. The lowest BCUT2D eigenvalue weighted by Crippen LogP contribution is -2.32. The number of nitrogens with one attached hydrogen (secondary N) is 2. The van der Waals surface area contributed by atoms with Crippen molar-refractivity contribution < 1.29 is 18.7 Å². The van der Waals surface area contributed by atoms with Gasteiger partial charge in [-0.15, -0.1) is 0 Å². The molecule has 0 aromatic heterocycles. The molecule has 31 heavy (non-hydrogen) atoms. The largest absolute Gasteiger partial charge is 0.489 e. The topological polar surface area (TPSA) is 79.8 Å². The third-order valence-electron chi connectivity index (χ3n) is 4.56. The van der Waals surface area contributed by atoms with E-state index in [1.54, 1.807) is 6.92 Å². The van der Waals surface area contributed by atoms with Gasteiger partial charge in [0.2, 0.25) is 0 Å². The second-order valence-corrected chi connectivity index (χ2v) is 6.84. The Morgan fingerprint density at radius 2 is 1.61 bits per heavy atom. The summed E-state index contributed by atoms with van der Waals surface area (Å²) in [5, 5.41) is 6.33. The molecule has 0 aliphatic rings. The molecule has 0 saturated carbocycles. The Morgan fingerprint density at radius 1 is 0.935 bits per heavy atom. The summed E-state index contributed by atoms with van der Waals surface area (Å²) < 4.78 is 18.7. The van der Waals surface area contributed by atoms with Crippen LogP contribution in [0.25, 0.3) is 0 Å². The van der Waals surface area contributed by atoms with Crippen LogP contribution >= 0.6 is 0 Å². The van der Waals surface area contributed by atoms with Crippen molar-refractivity contribution in [1.82, 2.24) is 5.43 Å². The van der Waals surface area contributed by atoms with Gasteiger partial charge in [0.25, 0.3) is 0 Å². The number of rotatable bonds is 6. The maximum atomic E-state index is 12.9. The summed E-state index contributed by atoms with van der Waals surface area (Å²) in [6.07, 6.45) is 0. The fraction of sp³-hybridized carbons (Fsp3) is 0.125. The molecule has 7 heteroatoms. The van der Waals surface area contributed by atoms with Crippen molar-refractivity contribution in [3.8, 4) is 5.75 Å². The molecule has 0 saturated heterocycles. The van der Waals surface area contributed by atoms with Crippen molar-refractivity contribution in [3.05, 3.63) is 95.3 Å². The second-order valence-electron chi connectivity index (χ2n) is 6.84. The average molecular weight is 419 g/mol. The number of aryl methyl sites for hydroxylation is 1. The van der Waals surface area contributed by atoms with Crippen molar-refractivity contribution in [1.29, 1.82) is 0 Å². The van der Waals surface area contributed by atoms with Crippen LogP contribution in [-0.2, 0) is 16.2 Å². The summed E-state index contributed by atoms with van der Waals surface area (Å²) in [5.74, 6) is -1.55. The van der Waals surface area contributed by atoms with Gasteiger partial charge in [-0.25, -0.2) is 9.82 Å². The molecule has 0 fully saturated rings. The van der Waals surface area contributed by atoms with Crippen molar-refractivity contribution in [2.75, 3.05) is 5.32 Å². The van der Waals surface area contributed by atoms with Crippen LogP contribution in [0.15, 0.2) is 77.9 Å². The lowest BCUT2D eigenvalue weighted by molar-refractivity contribution is -0.136. The number of hydrazone groups is 1. The van der Waals surface area contributed by atoms with Gasteiger partial charge >= 0.3 is 11.8 Å². The first kappa shape index (κ1) is 21.7. The van der Waals surface area contributed by atoms with E-state index in [0.717, 1.165) is 11.1 Å². The molecule has 0 spiro atoms. The fourth-order valence-corrected chi connectivity index (χ4v) is 2.70. The molecule has 158 valence electrons. The molecular formula is C24H22FN3O3. The molecule has 0 aliphatic heterocycles. The lowest BCUT2D eigenvalue weighted by atomic mass is 10.1. The standard InChI is InChI=1S/C24H22FN3O3/c1-16-5-3-4-6-19(16)15-31-22-13-7-18(8-14-22)17(2)27-28-24(30)23(29)26-21-11-9-20(25)10-12-21/h3-14H,15H2,1-2H3,(H,26,29)(H,28,30)/b27-17+. The minimum atomic E-state index is -0.929. The molecular weight excluding hydrogens is 397 g/mol. The Morgan fingerprint density at radius 3 is 2.29 bits per heavy atom. The molecule has 0 aliphatic carbocycles. The van der Waals surface area contributed by atoms with Crippen LogP contribution in [0.2, 0.25) is 0 Å². The van der Waals surface area contributed by atoms with E-state index in [-0.39, 0.29) is 0 Å². The van der Waals surface area contributed by atoms with Gasteiger partial charge in [0.15, 0.2) is 0 Å². The normalized spacial score (nSPS) is 11.0. The molecule has 2 amide bonds. The van der Waals surface area contributed by atoms with E-state index in [1.807, 2.05) is 55.5 Å². The number of hydrogen-bond acceptors (Lipinski definition) is 4. The molecule has 3 aromatic carbocycles. The van der Waals surface area contributed by atoms with Gasteiger partial charge in [0.05, 0.1) is 5.71 Å². The highest BCUT2D eigenvalue weighted by atomic mass is 19.1. The SMILES string of the molecule is C/C(=N\NC(=O)C(=O)Nc1ccc(F)cc1)c1ccc(OCc2ccccc2C)cc1. The summed E-state index contributed by atoms with van der Waals surface area (Å²) in [6.45, 7) is 4.22. The predicted octanol–water partition coefficient (Wildman–Crippen LogP) is 4.19. The van der Waals surface area contributed by atoms with Gasteiger partial charge in [0.1, 0.15) is 18.2 Å². The van der Waals surface area contributed by atoms with Gasteiger partial charge < -0.3 is 10.1 Å². The minimum absolute atomic E-state index is 0.309. The first-order valence-electron chi connectivity index (χ1n) is 9.61. The van der Waals surface area contributed by atoms with E-state index in [9.17, 15) is 14.0 Å². The minimum Gasteiger partial charge on any atom is -0.489 e. The molecule has 0 radical (unpaired) electrons. The molecule has 2 N–H and O–H groups in total. The highest BCUT2D eigenvalue weighted by Crippen LogP contribution is 2.16. The average Bonchev–Trinajstić information content (AvgIpc) is 2.78. The summed E-state index contributed by atoms with van der Waals surface area (Å²) in [6, 6.07) is 20.4. The maximum absolute atomic E-state index is 12.9. The van der Waals surface area contributed by atoms with E-state index in [4.69, 9.17) is 4.74 Å². The summed E-state index contributed by atoms with van der Waals surface area (Å²) in [7, 11) is 0. The van der Waals surface area contributed by atoms with Crippen molar-refractivity contribution >= 4 is 23.2 Å². The van der Waals surface area contributed by atoms with Crippen LogP contribution in [0.5, 0.6) is 5.75 Å². The fourth-order valence-electron chi connectivity index (χ4n) is 2.70. The van der Waals surface area contributed by atoms with Crippen LogP contribution in [0.4, 0.5) is 10.1 Å². The number of nitrogens with zero attached hydrogens (tertiary/aromatic N) is 1. The van der Waals surface area contributed by atoms with Crippen molar-refractivity contribution in [2.24, 2.45) is 5.10 Å². The van der Waals surface area contributed by atoms with E-state index < -0.39 is 17.6 Å². The number of halogens is 1. The lowest BCUT2D eigenvalue weighted by Gasteiger charge is -2.09. The van der Waals surface area contributed by atoms with Gasteiger partial charge in [-0.1, -0.05) is 24.3 Å². The van der Waals surface area contributed by atoms with Gasteiger partial charge in [-0.05, 0) is 79.1 Å². The Kier molecular flexibility index (Phi) is 7.11. The van der Waals surface area contributed by atoms with Gasteiger partial charge in [0, 0.05) is 5.69 Å². The summed E-state index contributed by atoms with van der Waals surface area (Å²) in [5.41, 5.74) is 6.09. The molecule has 0 atom stereocenters. The smallest absolute Gasteiger partial charge is 0.329 e. The van der Waals surface area contributed by atoms with E-state index in [0.29, 0.717) is 23.8 Å². The third kappa shape index (κ3) is 6.24. The molecule has 0 bridgehead atoms. The van der Waals surface area contributed by atoms with Crippen LogP contribution in [0.1, 0.15) is 23.6 Å². The zero-order chi connectivity index (χ0) is 22.2. The molecule has 3 aromatic rings. The zero-order valence-corrected chi connectivity index (χ0v) is 17.2. The number of ether oxygens (including phenoxy) is 1. The molecule has 0 unspecified atom stereocenters. The number of carbonyl (C=O) groups excluding carboxylic acids is 2. The first-order chi connectivity index (χ1) is 14.9. The van der Waals surface area contributed by atoms with Crippen LogP contribution < -0.4 is 15.5 Å². The van der Waals surface area contributed by atoms with Crippen molar-refractivity contribution in [2.45, 2.75) is 20.5 Å². The monoisotopic (exact) mass is 419 g/mol. The third-order valence-corrected chi connectivity index (χ3v) is 4.56. The Bertz CT molecular complexity index is 1090. The quantitative estimate of drug-likeness (QED) is 0.357. The zero-order valence-electron chi connectivity index (χ0n) is 17.2. The second kappa shape index (κ2) is 10.2. The number of anilines is 1. The Labute approximate surface area is 179 Å². The number of hydrogen-bond donors (Lipinski definition) is 2. The van der Waals surface area contributed by atoms with Crippen molar-refractivity contribution in [3.63, 3.8) is 0 Å². The number of carbonyl (C=O) groups is 2. The Hall–Kier alpha value is -4.00. The highest BCUT2D eigenvalue weighted by Gasteiger charge is 2.13. The summed E-state index contributed by atoms with van der Waals surface area (Å²) >= 11 is 0. The van der Waals surface area contributed by atoms with Gasteiger partial charge in [-0.3, -0.25) is 9.59 Å². The van der Waals surface area contributed by atoms with Crippen LogP contribution in [0, 0.1) is 12.7 Å².